The summed E-state index contributed by atoms with van der Waals surface area (Å²) >= 11 is 10.9. The lowest BCUT2D eigenvalue weighted by Crippen LogP contribution is -2.56. The van der Waals surface area contributed by atoms with E-state index in [1.807, 2.05) is 55.4 Å². The van der Waals surface area contributed by atoms with Crippen molar-refractivity contribution in [3.05, 3.63) is 0 Å². The number of hydrogen-bond donors (Lipinski definition) is 0. The summed E-state index contributed by atoms with van der Waals surface area (Å²) in [5, 5.41) is 0. The molecule has 0 radical (unpaired) electrons. The highest BCUT2D eigenvalue weighted by molar-refractivity contribution is 8.89. The van der Waals surface area contributed by atoms with Crippen molar-refractivity contribution in [2.45, 2.75) is 140 Å². The Morgan fingerprint density at radius 3 is 1.19 bits per heavy atom. The number of fused-ring (bicyclic) bond motifs is 6. The molecule has 0 aromatic heterocycles. The molecule has 42 heavy (non-hydrogen) atoms. The van der Waals surface area contributed by atoms with Crippen molar-refractivity contribution >= 4 is 54.8 Å². The molecule has 6 aliphatic rings. The second-order valence-electron chi connectivity index (χ2n) is 12.7. The van der Waals surface area contributed by atoms with E-state index in [0.29, 0.717) is 0 Å². The molecular weight excluding hydrogens is 633 g/mol. The molecule has 0 amide bonds. The van der Waals surface area contributed by atoms with Crippen molar-refractivity contribution in [1.29, 1.82) is 0 Å². The Balaban J connectivity index is 0.975. The van der Waals surface area contributed by atoms with E-state index < -0.39 is 72.4 Å². The predicted molar refractivity (Wildman–Crippen MR) is 157 cm³/mol. The van der Waals surface area contributed by atoms with E-state index in [-0.39, 0.29) is 34.2 Å². The average molecular weight is 671 g/mol. The van der Waals surface area contributed by atoms with E-state index in [1.54, 1.807) is 0 Å². The molecule has 0 aromatic carbocycles. The van der Waals surface area contributed by atoms with Gasteiger partial charge < -0.3 is 56.8 Å². The van der Waals surface area contributed by atoms with E-state index in [4.69, 9.17) is 81.3 Å². The van der Waals surface area contributed by atoms with Crippen molar-refractivity contribution in [3.8, 4) is 0 Å². The Morgan fingerprint density at radius 2 is 0.810 bits per heavy atom. The second kappa shape index (κ2) is 11.4. The first kappa shape index (κ1) is 32.0. The zero-order valence-electron chi connectivity index (χ0n) is 24.7. The Labute approximate surface area is 264 Å². The van der Waals surface area contributed by atoms with Gasteiger partial charge in [-0.2, -0.15) is 0 Å². The number of hydrogen-bond acceptors (Lipinski definition) is 16. The minimum Gasteiger partial charge on any atom is -0.475 e. The Kier molecular flexibility index (Phi) is 8.70. The van der Waals surface area contributed by atoms with Crippen molar-refractivity contribution in [3.63, 3.8) is 0 Å². The van der Waals surface area contributed by atoms with Gasteiger partial charge in [-0.1, -0.05) is 0 Å². The smallest absolute Gasteiger partial charge is 0.231 e. The molecule has 0 aromatic rings. The summed E-state index contributed by atoms with van der Waals surface area (Å²) in [6.45, 7) is 15.1. The summed E-state index contributed by atoms with van der Waals surface area (Å²) in [4.78, 5) is 0. The lowest BCUT2D eigenvalue weighted by Gasteiger charge is -2.37. The van der Waals surface area contributed by atoms with Gasteiger partial charge in [0.25, 0.3) is 0 Å². The molecule has 0 spiro atoms. The maximum absolute atomic E-state index is 6.17. The van der Waals surface area contributed by atoms with E-state index in [1.165, 1.54) is 21.6 Å². The average Bonchev–Trinajstić information content (AvgIpc) is 3.56. The summed E-state index contributed by atoms with van der Waals surface area (Å²) < 4.78 is 73.1. The van der Waals surface area contributed by atoms with Crippen LogP contribution in [0.25, 0.3) is 0 Å². The summed E-state index contributed by atoms with van der Waals surface area (Å²) in [6, 6.07) is 0. The maximum atomic E-state index is 6.17. The number of rotatable bonds is 4. The third kappa shape index (κ3) is 6.77. The highest BCUT2D eigenvalue weighted by atomic mass is 33.1. The van der Waals surface area contributed by atoms with Gasteiger partial charge in [-0.25, -0.2) is 0 Å². The van der Waals surface area contributed by atoms with Crippen LogP contribution in [0.2, 0.25) is 0 Å². The third-order valence-electron chi connectivity index (χ3n) is 7.41. The summed E-state index contributed by atoms with van der Waals surface area (Å²) in [7, 11) is 2.35. The highest BCUT2D eigenvalue weighted by Crippen LogP contribution is 2.46. The standard InChI is InChI=1S/C26H38O12S4/c1-23(2)31-13-11(29-19-17(15(13)33-23)35-25(5,6)37-19)9-27-21(39)41-42-22(40)28-10-12-14-16(34-24(3,4)32-14)18-20(30-12)38-26(7,8)36-18/h11-20H,9-10H2,1-8H3/t11-,12-,13-,14-,15-,16+,17-,18-,19+,20+/m1/s1. The van der Waals surface area contributed by atoms with Crippen LogP contribution in [-0.2, 0) is 56.8 Å². The molecule has 0 N–H and O–H groups in total. The normalized spacial score (nSPS) is 43.6. The number of ether oxygens (including phenoxy) is 12. The van der Waals surface area contributed by atoms with Gasteiger partial charge in [-0.3, -0.25) is 0 Å². The van der Waals surface area contributed by atoms with Gasteiger partial charge >= 0.3 is 0 Å². The molecule has 0 bridgehead atoms. The molecule has 6 fully saturated rings. The molecule has 0 aliphatic carbocycles. The van der Waals surface area contributed by atoms with Crippen LogP contribution in [-0.4, -0.2) is 107 Å². The molecule has 238 valence electrons. The molecule has 0 saturated carbocycles. The SMILES string of the molecule is CC1(C)O[C@@H]2O[C@H](COC(=S)SSC(=S)OC[C@H]3O[C@H]4OC(C)(C)O[C@@H]4[C@@H]4OC(C)(C)O[C@@H]43)[C@H]3OC(C)(C)O[C@@H]3[C@H]2O1. The highest BCUT2D eigenvalue weighted by Gasteiger charge is 2.62. The monoisotopic (exact) mass is 670 g/mol. The minimum absolute atomic E-state index is 0.140. The van der Waals surface area contributed by atoms with E-state index >= 15 is 0 Å². The van der Waals surface area contributed by atoms with Gasteiger partial charge in [0, 0.05) is 21.6 Å². The first-order chi connectivity index (χ1) is 19.5. The Hall–Kier alpha value is 0.0800. The molecule has 0 unspecified atom stereocenters. The quantitative estimate of drug-likeness (QED) is 0.319. The molecular formula is C26H38O12S4. The Morgan fingerprint density at radius 1 is 0.500 bits per heavy atom. The summed E-state index contributed by atoms with van der Waals surface area (Å²) in [5.41, 5.74) is 0. The third-order valence-corrected chi connectivity index (χ3v) is 10.5. The van der Waals surface area contributed by atoms with Crippen molar-refractivity contribution < 1.29 is 56.8 Å². The minimum atomic E-state index is -0.796. The molecule has 12 nitrogen and oxygen atoms in total. The number of thiocarbonyl (C=S) groups is 2. The fourth-order valence-electron chi connectivity index (χ4n) is 6.07. The van der Waals surface area contributed by atoms with Gasteiger partial charge in [0.1, 0.15) is 62.0 Å². The van der Waals surface area contributed by atoms with E-state index in [0.717, 1.165) is 0 Å². The van der Waals surface area contributed by atoms with Crippen LogP contribution in [0.3, 0.4) is 0 Å². The van der Waals surface area contributed by atoms with Crippen LogP contribution in [0.4, 0.5) is 0 Å². The van der Waals surface area contributed by atoms with Crippen molar-refractivity contribution in [2.75, 3.05) is 13.2 Å². The largest absolute Gasteiger partial charge is 0.475 e. The van der Waals surface area contributed by atoms with Crippen LogP contribution >= 0.6 is 46.0 Å². The predicted octanol–water partition coefficient (Wildman–Crippen LogP) is 3.76. The van der Waals surface area contributed by atoms with Gasteiger partial charge in [0.05, 0.1) is 0 Å². The van der Waals surface area contributed by atoms with Crippen molar-refractivity contribution in [2.24, 2.45) is 0 Å². The first-order valence-electron chi connectivity index (χ1n) is 13.9. The maximum Gasteiger partial charge on any atom is 0.231 e. The van der Waals surface area contributed by atoms with Gasteiger partial charge in [0.15, 0.2) is 35.7 Å². The Bertz CT molecular complexity index is 990. The molecule has 6 rings (SSSR count). The summed E-state index contributed by atoms with van der Waals surface area (Å²) in [5.74, 6) is -3.18. The summed E-state index contributed by atoms with van der Waals surface area (Å²) in [6.07, 6.45) is -4.53. The van der Waals surface area contributed by atoms with Gasteiger partial charge in [-0.05, 0) is 79.8 Å². The zero-order valence-corrected chi connectivity index (χ0v) is 28.0. The fourth-order valence-corrected chi connectivity index (χ4v) is 7.89. The van der Waals surface area contributed by atoms with Crippen LogP contribution in [0, 0.1) is 0 Å². The van der Waals surface area contributed by atoms with Crippen LogP contribution in [0.15, 0.2) is 0 Å². The molecule has 16 heteroatoms. The van der Waals surface area contributed by atoms with Gasteiger partial charge in [0.2, 0.25) is 8.77 Å². The van der Waals surface area contributed by atoms with E-state index in [2.05, 4.69) is 0 Å². The molecule has 6 aliphatic heterocycles. The second-order valence-corrected chi connectivity index (χ2v) is 16.0. The fraction of sp³-hybridized carbons (Fsp3) is 0.923. The lowest BCUT2D eigenvalue weighted by atomic mass is 9.99. The molecule has 6 saturated heterocycles. The topological polar surface area (TPSA) is 111 Å². The molecule has 10 atom stereocenters. The lowest BCUT2D eigenvalue weighted by molar-refractivity contribution is -0.239. The van der Waals surface area contributed by atoms with Crippen LogP contribution < -0.4 is 0 Å². The van der Waals surface area contributed by atoms with Crippen LogP contribution in [0.5, 0.6) is 0 Å². The molecule has 6 heterocycles. The van der Waals surface area contributed by atoms with Gasteiger partial charge in [-0.15, -0.1) is 0 Å². The van der Waals surface area contributed by atoms with Crippen LogP contribution in [0.1, 0.15) is 55.4 Å². The zero-order chi connectivity index (χ0) is 30.2. The first-order valence-corrected chi connectivity index (χ1v) is 16.9. The van der Waals surface area contributed by atoms with Crippen molar-refractivity contribution in [1.82, 2.24) is 0 Å². The van der Waals surface area contributed by atoms with E-state index in [9.17, 15) is 0 Å².